The Balaban J connectivity index is 1.36. The first-order chi connectivity index (χ1) is 19.2. The fourth-order valence-corrected chi connectivity index (χ4v) is 11.8. The Morgan fingerprint density at radius 3 is 1.28 bits per heavy atom. The fourth-order valence-electron chi connectivity index (χ4n) is 11.8. The minimum Gasteiger partial charge on any atom is -0.478 e. The van der Waals surface area contributed by atoms with Gasteiger partial charge in [0.1, 0.15) is 0 Å². The van der Waals surface area contributed by atoms with Gasteiger partial charge in [-0.05, 0) is 108 Å². The lowest BCUT2D eigenvalue weighted by Gasteiger charge is -2.45. The van der Waals surface area contributed by atoms with Gasteiger partial charge in [-0.1, -0.05) is 108 Å². The molecule has 2 heteroatoms. The molecule has 0 saturated heterocycles. The SMILES string of the molecule is O=C(O)c1c(C2CCCC3CCCCC32)cc(C2CCCC3CCCCC32)cc1C1CCCC2CCCCC21. The highest BCUT2D eigenvalue weighted by Crippen LogP contribution is 2.55. The minimum absolute atomic E-state index is 0.477. The summed E-state index contributed by atoms with van der Waals surface area (Å²) in [5.74, 6) is 5.87. The molecule has 214 valence electrons. The van der Waals surface area contributed by atoms with Gasteiger partial charge in [-0.3, -0.25) is 0 Å². The molecule has 1 aromatic carbocycles. The molecule has 0 amide bonds. The normalized spacial score (nSPS) is 40.7. The number of carboxylic acids is 1. The maximum atomic E-state index is 13.4. The van der Waals surface area contributed by atoms with E-state index >= 15 is 0 Å². The number of hydrogen-bond donors (Lipinski definition) is 1. The molecule has 0 spiro atoms. The third-order valence-electron chi connectivity index (χ3n) is 13.4. The van der Waals surface area contributed by atoms with Crippen LogP contribution in [0.15, 0.2) is 12.1 Å². The van der Waals surface area contributed by atoms with Crippen LogP contribution in [0.3, 0.4) is 0 Å². The van der Waals surface area contributed by atoms with Gasteiger partial charge in [0, 0.05) is 0 Å². The van der Waals surface area contributed by atoms with E-state index in [4.69, 9.17) is 0 Å². The average Bonchev–Trinajstić information content (AvgIpc) is 2.99. The van der Waals surface area contributed by atoms with Crippen LogP contribution in [0.1, 0.15) is 180 Å². The summed E-state index contributed by atoms with van der Waals surface area (Å²) in [7, 11) is 0. The van der Waals surface area contributed by atoms with Crippen LogP contribution in [-0.4, -0.2) is 11.1 Å². The maximum Gasteiger partial charge on any atom is 0.336 e. The summed E-state index contributed by atoms with van der Waals surface area (Å²) < 4.78 is 0. The molecule has 7 rings (SSSR count). The molecule has 9 atom stereocenters. The van der Waals surface area contributed by atoms with E-state index < -0.39 is 5.97 Å². The molecule has 9 unspecified atom stereocenters. The Kier molecular flexibility index (Phi) is 7.85. The van der Waals surface area contributed by atoms with Crippen molar-refractivity contribution in [3.8, 4) is 0 Å². The first-order valence-corrected chi connectivity index (χ1v) is 17.6. The van der Waals surface area contributed by atoms with Gasteiger partial charge in [0.2, 0.25) is 0 Å². The Labute approximate surface area is 238 Å². The van der Waals surface area contributed by atoms with Gasteiger partial charge in [0.25, 0.3) is 0 Å². The molecule has 6 saturated carbocycles. The van der Waals surface area contributed by atoms with Crippen LogP contribution in [0.2, 0.25) is 0 Å². The van der Waals surface area contributed by atoms with Crippen molar-refractivity contribution in [2.24, 2.45) is 35.5 Å². The van der Waals surface area contributed by atoms with Crippen LogP contribution in [0.5, 0.6) is 0 Å². The standard InChI is InChI=1S/C37H54O2/c38-37(39)36-34(32-20-8-14-25-11-2-5-17-29(25)32)22-27(31-19-7-13-24-10-1-4-16-28(24)31)23-35(36)33-21-9-15-26-12-3-6-18-30(26)33/h22-26,28-33H,1-21H2,(H,38,39). The minimum atomic E-state index is -0.610. The Bertz CT molecular complexity index is 965. The molecule has 0 heterocycles. The first kappa shape index (κ1) is 26.6. The highest BCUT2D eigenvalue weighted by atomic mass is 16.4. The van der Waals surface area contributed by atoms with Gasteiger partial charge in [-0.2, -0.15) is 0 Å². The molecular formula is C37H54O2. The van der Waals surface area contributed by atoms with Crippen molar-refractivity contribution < 1.29 is 9.90 Å². The van der Waals surface area contributed by atoms with Crippen molar-refractivity contribution in [1.29, 1.82) is 0 Å². The first-order valence-electron chi connectivity index (χ1n) is 17.6. The summed E-state index contributed by atoms with van der Waals surface area (Å²) in [6, 6.07) is 5.08. The van der Waals surface area contributed by atoms with Gasteiger partial charge >= 0.3 is 5.97 Å². The molecule has 0 aliphatic heterocycles. The average molecular weight is 531 g/mol. The second-order valence-corrected chi connectivity index (χ2v) is 15.1. The molecule has 6 aliphatic carbocycles. The second-order valence-electron chi connectivity index (χ2n) is 15.1. The zero-order valence-corrected chi connectivity index (χ0v) is 24.6. The lowest BCUT2D eigenvalue weighted by molar-refractivity contribution is 0.0685. The fraction of sp³-hybridized carbons (Fsp3) is 0.811. The third kappa shape index (κ3) is 5.03. The lowest BCUT2D eigenvalue weighted by Crippen LogP contribution is -2.34. The van der Waals surface area contributed by atoms with E-state index in [1.807, 2.05) is 0 Å². The third-order valence-corrected chi connectivity index (χ3v) is 13.4. The van der Waals surface area contributed by atoms with Gasteiger partial charge in [0.05, 0.1) is 5.56 Å². The van der Waals surface area contributed by atoms with Crippen LogP contribution >= 0.6 is 0 Å². The van der Waals surface area contributed by atoms with Crippen LogP contribution in [0.25, 0.3) is 0 Å². The highest BCUT2D eigenvalue weighted by molar-refractivity contribution is 5.92. The van der Waals surface area contributed by atoms with Gasteiger partial charge in [0.15, 0.2) is 0 Å². The number of fused-ring (bicyclic) bond motifs is 3. The molecule has 1 N–H and O–H groups in total. The molecule has 0 aromatic heterocycles. The summed E-state index contributed by atoms with van der Waals surface area (Å²) in [6.45, 7) is 0. The molecule has 1 aromatic rings. The van der Waals surface area contributed by atoms with Crippen LogP contribution in [0.4, 0.5) is 0 Å². The van der Waals surface area contributed by atoms with E-state index in [0.717, 1.165) is 41.1 Å². The van der Waals surface area contributed by atoms with E-state index in [1.54, 1.807) is 5.56 Å². The summed E-state index contributed by atoms with van der Waals surface area (Å²) in [5.41, 5.74) is 4.99. The number of rotatable bonds is 4. The lowest BCUT2D eigenvalue weighted by atomic mass is 9.59. The largest absolute Gasteiger partial charge is 0.478 e. The summed E-state index contributed by atoms with van der Waals surface area (Å²) in [5, 5.41) is 11.0. The smallest absolute Gasteiger partial charge is 0.336 e. The summed E-state index contributed by atoms with van der Waals surface area (Å²) in [4.78, 5) is 13.4. The van der Waals surface area contributed by atoms with Crippen LogP contribution < -0.4 is 0 Å². The Morgan fingerprint density at radius 1 is 0.487 bits per heavy atom. The van der Waals surface area contributed by atoms with E-state index in [2.05, 4.69) is 12.1 Å². The molecule has 2 nitrogen and oxygen atoms in total. The quantitative estimate of drug-likeness (QED) is 0.420. The predicted octanol–water partition coefficient (Wildman–Crippen LogP) is 10.6. The van der Waals surface area contributed by atoms with Gasteiger partial charge < -0.3 is 5.11 Å². The van der Waals surface area contributed by atoms with E-state index in [-0.39, 0.29) is 0 Å². The molecule has 0 bridgehead atoms. The maximum absolute atomic E-state index is 13.4. The zero-order valence-electron chi connectivity index (χ0n) is 24.6. The van der Waals surface area contributed by atoms with Gasteiger partial charge in [-0.25, -0.2) is 4.79 Å². The van der Waals surface area contributed by atoms with Crippen molar-refractivity contribution in [3.63, 3.8) is 0 Å². The van der Waals surface area contributed by atoms with Crippen molar-refractivity contribution in [3.05, 3.63) is 34.4 Å². The zero-order chi connectivity index (χ0) is 26.3. The van der Waals surface area contributed by atoms with Gasteiger partial charge in [-0.15, -0.1) is 0 Å². The van der Waals surface area contributed by atoms with Crippen molar-refractivity contribution >= 4 is 5.97 Å². The van der Waals surface area contributed by atoms with Crippen molar-refractivity contribution in [2.45, 2.75) is 153 Å². The van der Waals surface area contributed by atoms with Crippen LogP contribution in [0, 0.1) is 35.5 Å². The highest BCUT2D eigenvalue weighted by Gasteiger charge is 2.43. The molecule has 6 fully saturated rings. The molecule has 39 heavy (non-hydrogen) atoms. The Morgan fingerprint density at radius 2 is 0.846 bits per heavy atom. The molecule has 6 aliphatic rings. The topological polar surface area (TPSA) is 37.3 Å². The predicted molar refractivity (Wildman–Crippen MR) is 160 cm³/mol. The monoisotopic (exact) mass is 530 g/mol. The van der Waals surface area contributed by atoms with Crippen LogP contribution in [-0.2, 0) is 0 Å². The van der Waals surface area contributed by atoms with E-state index in [1.165, 1.54) is 146 Å². The number of benzene rings is 1. The van der Waals surface area contributed by atoms with E-state index in [0.29, 0.717) is 17.8 Å². The summed E-state index contributed by atoms with van der Waals surface area (Å²) >= 11 is 0. The number of hydrogen-bond acceptors (Lipinski definition) is 1. The summed E-state index contributed by atoms with van der Waals surface area (Å²) in [6.07, 6.45) is 28.5. The number of aromatic carboxylic acids is 1. The number of carboxylic acid groups (broad SMARTS) is 1. The van der Waals surface area contributed by atoms with E-state index in [9.17, 15) is 9.90 Å². The molecule has 0 radical (unpaired) electrons. The van der Waals surface area contributed by atoms with Crippen molar-refractivity contribution in [1.82, 2.24) is 0 Å². The number of carbonyl (C=O) groups is 1. The molecular weight excluding hydrogens is 476 g/mol. The second kappa shape index (κ2) is 11.5. The van der Waals surface area contributed by atoms with Crippen molar-refractivity contribution in [2.75, 3.05) is 0 Å². The Hall–Kier alpha value is -1.31.